The first-order valence-corrected chi connectivity index (χ1v) is 9.97. The van der Waals surface area contributed by atoms with Crippen LogP contribution < -0.4 is 0 Å². The maximum absolute atomic E-state index is 4.27. The van der Waals surface area contributed by atoms with Crippen molar-refractivity contribution in [3.63, 3.8) is 0 Å². The van der Waals surface area contributed by atoms with E-state index in [2.05, 4.69) is 59.5 Å². The van der Waals surface area contributed by atoms with Gasteiger partial charge in [-0.1, -0.05) is 26.0 Å². The van der Waals surface area contributed by atoms with Gasteiger partial charge >= 0.3 is 0 Å². The fourth-order valence-electron chi connectivity index (χ4n) is 4.39. The lowest BCUT2D eigenvalue weighted by Crippen LogP contribution is -2.38. The number of rotatable bonds is 5. The van der Waals surface area contributed by atoms with E-state index in [0.29, 0.717) is 6.04 Å². The number of aromatic nitrogens is 2. The molecule has 0 bridgehead atoms. The molecular formula is C23H29N3. The van der Waals surface area contributed by atoms with E-state index in [0.717, 1.165) is 38.9 Å². The van der Waals surface area contributed by atoms with Crippen LogP contribution in [0.4, 0.5) is 0 Å². The molecule has 0 saturated heterocycles. The van der Waals surface area contributed by atoms with Crippen LogP contribution in [0.3, 0.4) is 0 Å². The molecule has 0 saturated carbocycles. The standard InChI is InChI=1S/C23H29N3/c1-4-18-8-9-22-20(14-18)21-16-25(5-2)17(3)13-23(21)26(22)12-10-19-7-6-11-24-15-19/h6-9,11,14-15,17H,4-5,10,12-13,16H2,1-3H3. The fourth-order valence-corrected chi connectivity index (χ4v) is 4.39. The van der Waals surface area contributed by atoms with Crippen molar-refractivity contribution in [3.8, 4) is 0 Å². The van der Waals surface area contributed by atoms with Crippen molar-refractivity contribution in [2.45, 2.75) is 59.2 Å². The van der Waals surface area contributed by atoms with E-state index in [1.165, 1.54) is 22.0 Å². The lowest BCUT2D eigenvalue weighted by atomic mass is 9.98. The molecule has 0 aliphatic carbocycles. The van der Waals surface area contributed by atoms with Gasteiger partial charge in [0.1, 0.15) is 0 Å². The quantitative estimate of drug-likeness (QED) is 0.672. The molecule has 3 heteroatoms. The largest absolute Gasteiger partial charge is 0.344 e. The third-order valence-electron chi connectivity index (χ3n) is 5.99. The van der Waals surface area contributed by atoms with Gasteiger partial charge in [0, 0.05) is 54.5 Å². The molecule has 26 heavy (non-hydrogen) atoms. The fraction of sp³-hybridized carbons (Fsp3) is 0.435. The van der Waals surface area contributed by atoms with E-state index < -0.39 is 0 Å². The summed E-state index contributed by atoms with van der Waals surface area (Å²) in [4.78, 5) is 6.88. The zero-order valence-electron chi connectivity index (χ0n) is 16.2. The maximum Gasteiger partial charge on any atom is 0.0486 e. The zero-order valence-corrected chi connectivity index (χ0v) is 16.2. The Balaban J connectivity index is 1.77. The third kappa shape index (κ3) is 3.05. The SMILES string of the molecule is CCc1ccc2c(c1)c1c(n2CCc2cccnc2)CC(C)N(CC)C1. The summed E-state index contributed by atoms with van der Waals surface area (Å²) in [5.74, 6) is 0. The van der Waals surface area contributed by atoms with Gasteiger partial charge in [0.05, 0.1) is 0 Å². The second-order valence-corrected chi connectivity index (χ2v) is 7.51. The van der Waals surface area contributed by atoms with Crippen molar-refractivity contribution < 1.29 is 0 Å². The number of likely N-dealkylation sites (N-methyl/N-ethyl adjacent to an activating group) is 1. The summed E-state index contributed by atoms with van der Waals surface area (Å²) in [6.07, 6.45) is 7.12. The number of nitrogens with zero attached hydrogens (tertiary/aromatic N) is 3. The molecule has 1 atom stereocenters. The summed E-state index contributed by atoms with van der Waals surface area (Å²) in [5.41, 5.74) is 7.26. The average Bonchev–Trinajstić information content (AvgIpc) is 2.98. The summed E-state index contributed by atoms with van der Waals surface area (Å²) in [5, 5.41) is 1.47. The summed E-state index contributed by atoms with van der Waals surface area (Å²) in [6.45, 7) is 10.1. The van der Waals surface area contributed by atoms with Crippen molar-refractivity contribution >= 4 is 10.9 Å². The second-order valence-electron chi connectivity index (χ2n) is 7.51. The molecule has 0 N–H and O–H groups in total. The van der Waals surface area contributed by atoms with Crippen molar-refractivity contribution in [1.29, 1.82) is 0 Å². The highest BCUT2D eigenvalue weighted by atomic mass is 15.2. The van der Waals surface area contributed by atoms with Crippen LogP contribution in [-0.2, 0) is 32.4 Å². The van der Waals surface area contributed by atoms with Crippen LogP contribution in [0.5, 0.6) is 0 Å². The first kappa shape index (κ1) is 17.3. The first-order chi connectivity index (χ1) is 12.7. The van der Waals surface area contributed by atoms with Gasteiger partial charge < -0.3 is 4.57 Å². The molecule has 0 radical (unpaired) electrons. The van der Waals surface area contributed by atoms with Gasteiger partial charge in [-0.2, -0.15) is 0 Å². The van der Waals surface area contributed by atoms with Crippen molar-refractivity contribution in [2.24, 2.45) is 0 Å². The topological polar surface area (TPSA) is 21.1 Å². The predicted molar refractivity (Wildman–Crippen MR) is 109 cm³/mol. The van der Waals surface area contributed by atoms with Crippen LogP contribution in [0, 0.1) is 0 Å². The zero-order chi connectivity index (χ0) is 18.1. The van der Waals surface area contributed by atoms with Gasteiger partial charge in [0.25, 0.3) is 0 Å². The Labute approximate surface area is 156 Å². The monoisotopic (exact) mass is 347 g/mol. The Hall–Kier alpha value is -2.13. The minimum Gasteiger partial charge on any atom is -0.344 e. The number of hydrogen-bond acceptors (Lipinski definition) is 2. The molecular weight excluding hydrogens is 318 g/mol. The summed E-state index contributed by atoms with van der Waals surface area (Å²) < 4.78 is 2.58. The highest BCUT2D eigenvalue weighted by Gasteiger charge is 2.27. The molecule has 1 aliphatic rings. The van der Waals surface area contributed by atoms with Gasteiger partial charge in [-0.25, -0.2) is 0 Å². The van der Waals surface area contributed by atoms with E-state index in [4.69, 9.17) is 0 Å². The van der Waals surface area contributed by atoms with Crippen LogP contribution in [0.15, 0.2) is 42.7 Å². The minimum atomic E-state index is 0.611. The van der Waals surface area contributed by atoms with E-state index in [9.17, 15) is 0 Å². The minimum absolute atomic E-state index is 0.611. The smallest absolute Gasteiger partial charge is 0.0486 e. The van der Waals surface area contributed by atoms with Gasteiger partial charge in [0.2, 0.25) is 0 Å². The predicted octanol–water partition coefficient (Wildman–Crippen LogP) is 4.61. The van der Waals surface area contributed by atoms with Crippen LogP contribution in [-0.4, -0.2) is 27.0 Å². The molecule has 4 rings (SSSR count). The Morgan fingerprint density at radius 1 is 1.15 bits per heavy atom. The van der Waals surface area contributed by atoms with Crippen LogP contribution in [0.1, 0.15) is 43.2 Å². The van der Waals surface area contributed by atoms with Crippen LogP contribution in [0.2, 0.25) is 0 Å². The first-order valence-electron chi connectivity index (χ1n) is 9.97. The molecule has 3 nitrogen and oxygen atoms in total. The van der Waals surface area contributed by atoms with E-state index >= 15 is 0 Å². The average molecular weight is 348 g/mol. The molecule has 0 spiro atoms. The lowest BCUT2D eigenvalue weighted by Gasteiger charge is -2.33. The molecule has 3 aromatic rings. The Bertz CT molecular complexity index is 895. The molecule has 1 unspecified atom stereocenters. The number of pyridine rings is 1. The Morgan fingerprint density at radius 3 is 2.77 bits per heavy atom. The van der Waals surface area contributed by atoms with E-state index in [1.807, 2.05) is 18.5 Å². The van der Waals surface area contributed by atoms with Crippen LogP contribution in [0.25, 0.3) is 10.9 Å². The Morgan fingerprint density at radius 2 is 2.04 bits per heavy atom. The summed E-state index contributed by atoms with van der Waals surface area (Å²) >= 11 is 0. The van der Waals surface area contributed by atoms with Gasteiger partial charge in [-0.3, -0.25) is 9.88 Å². The van der Waals surface area contributed by atoms with Crippen molar-refractivity contribution in [3.05, 3.63) is 65.1 Å². The normalized spacial score (nSPS) is 17.6. The van der Waals surface area contributed by atoms with Crippen molar-refractivity contribution in [2.75, 3.05) is 6.54 Å². The molecule has 0 amide bonds. The molecule has 0 fully saturated rings. The van der Waals surface area contributed by atoms with E-state index in [1.54, 1.807) is 11.3 Å². The number of hydrogen-bond donors (Lipinski definition) is 0. The molecule has 1 aliphatic heterocycles. The summed E-state index contributed by atoms with van der Waals surface area (Å²) in [7, 11) is 0. The molecule has 136 valence electrons. The highest BCUT2D eigenvalue weighted by molar-refractivity contribution is 5.86. The van der Waals surface area contributed by atoms with Gasteiger partial charge in [-0.15, -0.1) is 0 Å². The number of fused-ring (bicyclic) bond motifs is 3. The van der Waals surface area contributed by atoms with E-state index in [-0.39, 0.29) is 0 Å². The van der Waals surface area contributed by atoms with Gasteiger partial charge in [0.15, 0.2) is 0 Å². The second kappa shape index (κ2) is 7.24. The third-order valence-corrected chi connectivity index (χ3v) is 5.99. The Kier molecular flexibility index (Phi) is 4.82. The van der Waals surface area contributed by atoms with Crippen LogP contribution >= 0.6 is 0 Å². The van der Waals surface area contributed by atoms with Gasteiger partial charge in [-0.05, 0) is 61.2 Å². The molecule has 1 aromatic carbocycles. The maximum atomic E-state index is 4.27. The summed E-state index contributed by atoms with van der Waals surface area (Å²) in [6, 6.07) is 11.9. The number of benzene rings is 1. The highest BCUT2D eigenvalue weighted by Crippen LogP contribution is 2.34. The number of aryl methyl sites for hydroxylation is 3. The van der Waals surface area contributed by atoms with Crippen molar-refractivity contribution in [1.82, 2.24) is 14.5 Å². The molecule has 2 aromatic heterocycles. The lowest BCUT2D eigenvalue weighted by molar-refractivity contribution is 0.192. The molecule has 3 heterocycles.